The molecule has 1 aliphatic carbocycles. The van der Waals surface area contributed by atoms with Crippen LogP contribution in [0.3, 0.4) is 0 Å². The Hall–Kier alpha value is -1.04. The van der Waals surface area contributed by atoms with E-state index in [2.05, 4.69) is 15.5 Å². The minimum Gasteiger partial charge on any atom is -0.369 e. The quantitative estimate of drug-likeness (QED) is 0.800. The van der Waals surface area contributed by atoms with Crippen molar-refractivity contribution in [1.82, 2.24) is 10.6 Å². The number of nitrogens with one attached hydrogen (secondary N) is 2. The topological polar surface area (TPSA) is 44.4 Å². The molecule has 1 aromatic rings. The van der Waals surface area contributed by atoms with E-state index in [-0.39, 0.29) is 42.6 Å². The molecule has 2 fully saturated rings. The fourth-order valence-corrected chi connectivity index (χ4v) is 2.99. The van der Waals surface area contributed by atoms with Crippen molar-refractivity contribution in [3.8, 4) is 0 Å². The average Bonchev–Trinajstić information content (AvgIpc) is 3.32. The van der Waals surface area contributed by atoms with Crippen LogP contribution < -0.4 is 15.5 Å². The van der Waals surface area contributed by atoms with Crippen molar-refractivity contribution >= 4 is 36.4 Å². The molecule has 136 valence electrons. The van der Waals surface area contributed by atoms with Crippen LogP contribution in [0.2, 0.25) is 0 Å². The number of piperidine rings is 1. The van der Waals surface area contributed by atoms with Gasteiger partial charge in [0.2, 0.25) is 5.91 Å². The first kappa shape index (κ1) is 21.0. The maximum Gasteiger partial charge on any atom is 0.234 e. The van der Waals surface area contributed by atoms with Gasteiger partial charge in [-0.25, -0.2) is 4.39 Å². The van der Waals surface area contributed by atoms with Crippen LogP contribution in [0.1, 0.15) is 25.7 Å². The molecule has 7 heteroatoms. The molecule has 0 radical (unpaired) electrons. The number of carbonyl (C=O) groups is 1. The first-order valence-electron chi connectivity index (χ1n) is 8.21. The highest BCUT2D eigenvalue weighted by Crippen LogP contribution is 2.27. The zero-order valence-electron chi connectivity index (χ0n) is 13.7. The van der Waals surface area contributed by atoms with Crippen LogP contribution in [-0.2, 0) is 4.79 Å². The van der Waals surface area contributed by atoms with Gasteiger partial charge in [-0.2, -0.15) is 0 Å². The maximum absolute atomic E-state index is 13.3. The fraction of sp³-hybridized carbons (Fsp3) is 0.588. The van der Waals surface area contributed by atoms with Crippen molar-refractivity contribution in [3.05, 3.63) is 30.1 Å². The Labute approximate surface area is 155 Å². The zero-order chi connectivity index (χ0) is 15.4. The van der Waals surface area contributed by atoms with Crippen LogP contribution in [0.25, 0.3) is 0 Å². The number of carbonyl (C=O) groups excluding carboxylic acids is 1. The van der Waals surface area contributed by atoms with Crippen LogP contribution in [0.15, 0.2) is 24.3 Å². The monoisotopic (exact) mass is 377 g/mol. The van der Waals surface area contributed by atoms with E-state index in [0.29, 0.717) is 6.54 Å². The molecule has 1 saturated heterocycles. The van der Waals surface area contributed by atoms with E-state index in [1.165, 1.54) is 18.9 Å². The lowest BCUT2D eigenvalue weighted by Gasteiger charge is -2.34. The number of nitrogens with zero attached hydrogens (tertiary/aromatic N) is 1. The third-order valence-corrected chi connectivity index (χ3v) is 4.38. The van der Waals surface area contributed by atoms with Gasteiger partial charge in [-0.3, -0.25) is 4.79 Å². The molecule has 1 heterocycles. The van der Waals surface area contributed by atoms with Gasteiger partial charge in [0, 0.05) is 24.8 Å². The highest BCUT2D eigenvalue weighted by molar-refractivity contribution is 5.85. The molecule has 1 saturated carbocycles. The predicted octanol–water partition coefficient (Wildman–Crippen LogP) is 2.75. The van der Waals surface area contributed by atoms with Gasteiger partial charge in [-0.05, 0) is 56.3 Å². The molecule has 0 aromatic heterocycles. The standard InChI is InChI=1S/C17H24FN3O.2ClH/c18-14-3-1-5-16(9-14)21-8-2-4-15(12-21)20-17(22)11-19-10-13-6-7-13;;/h1,3,5,9,13,15,19H,2,4,6-8,10-12H2,(H,20,22);2*1H. The smallest absolute Gasteiger partial charge is 0.234 e. The Bertz CT molecular complexity index is 528. The van der Waals surface area contributed by atoms with Crippen LogP contribution in [-0.4, -0.2) is 38.1 Å². The summed E-state index contributed by atoms with van der Waals surface area (Å²) < 4.78 is 13.3. The Morgan fingerprint density at radius 3 is 2.75 bits per heavy atom. The molecule has 4 nitrogen and oxygen atoms in total. The highest BCUT2D eigenvalue weighted by atomic mass is 35.5. The Kier molecular flexibility index (Phi) is 8.81. The van der Waals surface area contributed by atoms with Crippen molar-refractivity contribution in [2.24, 2.45) is 5.92 Å². The molecule has 0 bridgehead atoms. The number of halogens is 3. The number of rotatable bonds is 6. The van der Waals surface area contributed by atoms with E-state index in [0.717, 1.165) is 44.1 Å². The summed E-state index contributed by atoms with van der Waals surface area (Å²) in [6.45, 7) is 3.01. The normalized spacial score (nSPS) is 19.9. The van der Waals surface area contributed by atoms with Gasteiger partial charge in [-0.15, -0.1) is 24.8 Å². The van der Waals surface area contributed by atoms with Gasteiger partial charge >= 0.3 is 0 Å². The molecule has 1 unspecified atom stereocenters. The van der Waals surface area contributed by atoms with Crippen molar-refractivity contribution in [2.75, 3.05) is 31.1 Å². The number of hydrogen-bond donors (Lipinski definition) is 2. The van der Waals surface area contributed by atoms with Crippen molar-refractivity contribution in [1.29, 1.82) is 0 Å². The molecule has 1 atom stereocenters. The van der Waals surface area contributed by atoms with E-state index in [4.69, 9.17) is 0 Å². The van der Waals surface area contributed by atoms with E-state index in [1.54, 1.807) is 12.1 Å². The lowest BCUT2D eigenvalue weighted by molar-refractivity contribution is -0.121. The molecule has 2 aliphatic rings. The first-order valence-corrected chi connectivity index (χ1v) is 8.21. The highest BCUT2D eigenvalue weighted by Gasteiger charge is 2.23. The summed E-state index contributed by atoms with van der Waals surface area (Å²) in [4.78, 5) is 14.1. The SMILES string of the molecule is Cl.Cl.O=C(CNCC1CC1)NC1CCCN(c2cccc(F)c2)C1. The molecule has 0 spiro atoms. The molecule has 1 amide bonds. The molecule has 24 heavy (non-hydrogen) atoms. The average molecular weight is 378 g/mol. The Morgan fingerprint density at radius 2 is 2.04 bits per heavy atom. The fourth-order valence-electron chi connectivity index (χ4n) is 2.99. The second-order valence-corrected chi connectivity index (χ2v) is 6.41. The van der Waals surface area contributed by atoms with E-state index in [9.17, 15) is 9.18 Å². The van der Waals surface area contributed by atoms with Crippen LogP contribution in [0.4, 0.5) is 10.1 Å². The van der Waals surface area contributed by atoms with Crippen molar-refractivity contribution < 1.29 is 9.18 Å². The van der Waals surface area contributed by atoms with Crippen LogP contribution in [0.5, 0.6) is 0 Å². The second-order valence-electron chi connectivity index (χ2n) is 6.41. The molecule has 3 rings (SSSR count). The minimum absolute atomic E-state index is 0. The number of hydrogen-bond acceptors (Lipinski definition) is 3. The molecule has 2 N–H and O–H groups in total. The summed E-state index contributed by atoms with van der Waals surface area (Å²) in [5.74, 6) is 0.630. The van der Waals surface area contributed by atoms with Crippen LogP contribution >= 0.6 is 24.8 Å². The third-order valence-electron chi connectivity index (χ3n) is 4.38. The van der Waals surface area contributed by atoms with Gasteiger partial charge in [0.1, 0.15) is 5.82 Å². The summed E-state index contributed by atoms with van der Waals surface area (Å²) in [6.07, 6.45) is 4.58. The molecular formula is C17H26Cl2FN3O. The first-order chi connectivity index (χ1) is 10.7. The van der Waals surface area contributed by atoms with E-state index >= 15 is 0 Å². The van der Waals surface area contributed by atoms with Gasteiger partial charge in [0.25, 0.3) is 0 Å². The largest absolute Gasteiger partial charge is 0.369 e. The molecular weight excluding hydrogens is 352 g/mol. The van der Waals surface area contributed by atoms with Gasteiger partial charge in [0.05, 0.1) is 6.54 Å². The molecule has 1 aromatic carbocycles. The number of benzene rings is 1. The van der Waals surface area contributed by atoms with E-state index in [1.807, 2.05) is 6.07 Å². The third kappa shape index (κ3) is 6.46. The van der Waals surface area contributed by atoms with Crippen molar-refractivity contribution in [2.45, 2.75) is 31.7 Å². The number of amides is 1. The summed E-state index contributed by atoms with van der Waals surface area (Å²) in [6, 6.07) is 6.81. The van der Waals surface area contributed by atoms with Gasteiger partial charge < -0.3 is 15.5 Å². The van der Waals surface area contributed by atoms with Gasteiger partial charge in [-0.1, -0.05) is 6.07 Å². The lowest BCUT2D eigenvalue weighted by atomic mass is 10.0. The lowest BCUT2D eigenvalue weighted by Crippen LogP contribution is -2.49. The molecule has 1 aliphatic heterocycles. The summed E-state index contributed by atoms with van der Waals surface area (Å²) in [7, 11) is 0. The predicted molar refractivity (Wildman–Crippen MR) is 99.9 cm³/mol. The maximum atomic E-state index is 13.3. The number of anilines is 1. The van der Waals surface area contributed by atoms with E-state index < -0.39 is 0 Å². The Morgan fingerprint density at radius 1 is 1.25 bits per heavy atom. The summed E-state index contributed by atoms with van der Waals surface area (Å²) in [5, 5.41) is 6.30. The summed E-state index contributed by atoms with van der Waals surface area (Å²) in [5.41, 5.74) is 0.894. The second kappa shape index (κ2) is 10.1. The van der Waals surface area contributed by atoms with Gasteiger partial charge in [0.15, 0.2) is 0 Å². The van der Waals surface area contributed by atoms with Crippen molar-refractivity contribution in [3.63, 3.8) is 0 Å². The minimum atomic E-state index is -0.215. The summed E-state index contributed by atoms with van der Waals surface area (Å²) >= 11 is 0. The van der Waals surface area contributed by atoms with Crippen LogP contribution in [0, 0.1) is 11.7 Å². The zero-order valence-corrected chi connectivity index (χ0v) is 15.3. The Balaban J connectivity index is 0.00000144.